The lowest BCUT2D eigenvalue weighted by molar-refractivity contribution is -0.150. The summed E-state index contributed by atoms with van der Waals surface area (Å²) in [5.74, 6) is 0.457. The van der Waals surface area contributed by atoms with E-state index >= 15 is 0 Å². The van der Waals surface area contributed by atoms with Gasteiger partial charge in [0.05, 0.1) is 49.5 Å². The number of benzene rings is 2. The molecular weight excluding hydrogens is 570 g/mol. The van der Waals surface area contributed by atoms with E-state index in [0.717, 1.165) is 42.3 Å². The van der Waals surface area contributed by atoms with Gasteiger partial charge in [-0.15, -0.1) is 0 Å². The lowest BCUT2D eigenvalue weighted by atomic mass is 9.92. The number of ketones is 1. The number of rotatable bonds is 5. The third kappa shape index (κ3) is 6.31. The van der Waals surface area contributed by atoms with Gasteiger partial charge in [-0.2, -0.15) is 0 Å². The number of amides is 1. The Morgan fingerprint density at radius 3 is 2.64 bits per heavy atom. The number of nitrogens with two attached hydrogens (primary N) is 1. The van der Waals surface area contributed by atoms with Crippen LogP contribution in [0.5, 0.6) is 11.5 Å². The van der Waals surface area contributed by atoms with Crippen LogP contribution in [0.2, 0.25) is 0 Å². The molecule has 1 aromatic heterocycles. The normalized spacial score (nSPS) is 27.9. The van der Waals surface area contributed by atoms with Crippen LogP contribution in [0.1, 0.15) is 51.4 Å². The van der Waals surface area contributed by atoms with Crippen molar-refractivity contribution in [1.82, 2.24) is 9.88 Å². The summed E-state index contributed by atoms with van der Waals surface area (Å²) < 4.78 is 17.3. The second kappa shape index (κ2) is 13.0. The van der Waals surface area contributed by atoms with Gasteiger partial charge in [0.1, 0.15) is 17.6 Å². The van der Waals surface area contributed by atoms with Gasteiger partial charge in [-0.25, -0.2) is 4.98 Å². The Kier molecular flexibility index (Phi) is 8.90. The first-order chi connectivity index (χ1) is 21.8. The number of fused-ring (bicyclic) bond motifs is 3. The van der Waals surface area contributed by atoms with Crippen molar-refractivity contribution in [3.8, 4) is 22.8 Å². The highest BCUT2D eigenvalue weighted by molar-refractivity contribution is 5.96. The topological polar surface area (TPSA) is 121 Å². The molecule has 3 heterocycles. The zero-order valence-corrected chi connectivity index (χ0v) is 25.9. The van der Waals surface area contributed by atoms with E-state index in [2.05, 4.69) is 12.2 Å². The standard InChI is InChI=1S/C36H41N3O6/c1-43-25-15-16-27-30(17-25)38-29(23-11-7-6-8-12-23)19-33(27)45-26-18-31-32(40)21-36(35(42)44-2)20-24(36)13-9-4-3-5-10-14-28(37)34(41)39(31)22-26/h6-9,11-13,15-17,19,24,26,28,31H,3-5,10,14,18,20-22,37H2,1-2H3/b13-9-/t24-,26+,28-,31-,36+/m0/s1. The summed E-state index contributed by atoms with van der Waals surface area (Å²) >= 11 is 0. The molecule has 0 spiro atoms. The van der Waals surface area contributed by atoms with Gasteiger partial charge < -0.3 is 24.8 Å². The molecule has 1 saturated heterocycles. The summed E-state index contributed by atoms with van der Waals surface area (Å²) in [4.78, 5) is 47.2. The maximum absolute atomic E-state index is 14.0. The fourth-order valence-electron chi connectivity index (χ4n) is 6.90. The first-order valence-corrected chi connectivity index (χ1v) is 15.9. The van der Waals surface area contributed by atoms with Crippen LogP contribution >= 0.6 is 0 Å². The fraction of sp³-hybridized carbons (Fsp3) is 0.444. The highest BCUT2D eigenvalue weighted by Gasteiger charge is 2.61. The predicted molar refractivity (Wildman–Crippen MR) is 171 cm³/mol. The number of carbonyl (C=O) groups excluding carboxylic acids is 3. The third-order valence-corrected chi connectivity index (χ3v) is 9.55. The average Bonchev–Trinajstić information content (AvgIpc) is 3.59. The Balaban J connectivity index is 1.32. The van der Waals surface area contributed by atoms with Crippen LogP contribution < -0.4 is 15.2 Å². The third-order valence-electron chi connectivity index (χ3n) is 9.55. The van der Waals surface area contributed by atoms with Gasteiger partial charge in [0, 0.05) is 35.9 Å². The van der Waals surface area contributed by atoms with Crippen molar-refractivity contribution in [3.63, 3.8) is 0 Å². The Hall–Kier alpha value is -4.24. The average molecular weight is 612 g/mol. The van der Waals surface area contributed by atoms with E-state index in [9.17, 15) is 14.4 Å². The maximum atomic E-state index is 14.0. The van der Waals surface area contributed by atoms with Crippen molar-refractivity contribution in [2.24, 2.45) is 17.1 Å². The van der Waals surface area contributed by atoms with E-state index in [-0.39, 0.29) is 36.5 Å². The summed E-state index contributed by atoms with van der Waals surface area (Å²) in [7, 11) is 2.98. The van der Waals surface area contributed by atoms with E-state index in [1.807, 2.05) is 54.6 Å². The minimum atomic E-state index is -0.886. The number of ether oxygens (including phenoxy) is 3. The molecule has 1 amide bonds. The molecule has 1 aliphatic carbocycles. The Bertz CT molecular complexity index is 1610. The van der Waals surface area contributed by atoms with Crippen LogP contribution in [-0.2, 0) is 19.1 Å². The van der Waals surface area contributed by atoms with Crippen molar-refractivity contribution in [2.45, 2.75) is 69.6 Å². The second-order valence-electron chi connectivity index (χ2n) is 12.5. The van der Waals surface area contributed by atoms with Gasteiger partial charge in [-0.1, -0.05) is 55.3 Å². The highest BCUT2D eigenvalue weighted by atomic mass is 16.5. The minimum absolute atomic E-state index is 0.0151. The number of hydrogen-bond acceptors (Lipinski definition) is 8. The molecule has 2 aliphatic heterocycles. The summed E-state index contributed by atoms with van der Waals surface area (Å²) in [5.41, 5.74) is 7.92. The molecule has 236 valence electrons. The van der Waals surface area contributed by atoms with Gasteiger partial charge in [-0.3, -0.25) is 14.4 Å². The molecule has 0 radical (unpaired) electrons. The first-order valence-electron chi connectivity index (χ1n) is 15.9. The van der Waals surface area contributed by atoms with Gasteiger partial charge >= 0.3 is 5.97 Å². The molecule has 2 fully saturated rings. The number of hydrogen-bond donors (Lipinski definition) is 1. The lowest BCUT2D eigenvalue weighted by Gasteiger charge is -2.27. The van der Waals surface area contributed by atoms with Gasteiger partial charge in [-0.05, 0) is 43.7 Å². The second-order valence-corrected chi connectivity index (χ2v) is 12.5. The molecule has 3 aromatic rings. The summed E-state index contributed by atoms with van der Waals surface area (Å²) in [6.45, 7) is 0.220. The predicted octanol–water partition coefficient (Wildman–Crippen LogP) is 5.24. The number of nitrogens with zero attached hydrogens (tertiary/aromatic N) is 2. The van der Waals surface area contributed by atoms with Crippen molar-refractivity contribution < 1.29 is 28.6 Å². The van der Waals surface area contributed by atoms with E-state index in [1.54, 1.807) is 12.0 Å². The van der Waals surface area contributed by atoms with Crippen molar-refractivity contribution in [1.29, 1.82) is 0 Å². The lowest BCUT2D eigenvalue weighted by Crippen LogP contribution is -2.49. The molecule has 0 bridgehead atoms. The molecule has 9 nitrogen and oxygen atoms in total. The monoisotopic (exact) mass is 611 g/mol. The van der Waals surface area contributed by atoms with Gasteiger partial charge in [0.2, 0.25) is 5.91 Å². The molecule has 2 aromatic carbocycles. The molecule has 45 heavy (non-hydrogen) atoms. The van der Waals surface area contributed by atoms with Crippen molar-refractivity contribution in [2.75, 3.05) is 20.8 Å². The Morgan fingerprint density at radius 1 is 1.04 bits per heavy atom. The van der Waals surface area contributed by atoms with Crippen molar-refractivity contribution in [3.05, 3.63) is 66.7 Å². The van der Waals surface area contributed by atoms with E-state index < -0.39 is 23.6 Å². The Labute approximate surface area is 263 Å². The van der Waals surface area contributed by atoms with Crippen LogP contribution in [0.15, 0.2) is 66.7 Å². The van der Waals surface area contributed by atoms with Crippen molar-refractivity contribution >= 4 is 28.6 Å². The number of methoxy groups -OCH3 is 2. The van der Waals surface area contributed by atoms with E-state index in [1.165, 1.54) is 7.11 Å². The molecule has 0 unspecified atom stereocenters. The quantitative estimate of drug-likeness (QED) is 0.307. The molecule has 5 atom stereocenters. The number of pyridine rings is 1. The number of Topliss-reactive ketones (excluding diaryl/α,β-unsaturated/α-hetero) is 1. The number of esters is 1. The molecule has 9 heteroatoms. The number of allylic oxidation sites excluding steroid dienone is 2. The maximum Gasteiger partial charge on any atom is 0.312 e. The first kappa shape index (κ1) is 30.8. The van der Waals surface area contributed by atoms with Crippen LogP contribution in [0.25, 0.3) is 22.2 Å². The number of carbonyl (C=O) groups is 3. The summed E-state index contributed by atoms with van der Waals surface area (Å²) in [6, 6.07) is 15.9. The van der Waals surface area contributed by atoms with Crippen LogP contribution in [0.4, 0.5) is 0 Å². The van der Waals surface area contributed by atoms with Crippen LogP contribution in [0, 0.1) is 11.3 Å². The smallest absolute Gasteiger partial charge is 0.312 e. The number of aromatic nitrogens is 1. The molecular formula is C36H41N3O6. The van der Waals surface area contributed by atoms with Gasteiger partial charge in [0.25, 0.3) is 0 Å². The highest BCUT2D eigenvalue weighted by Crippen LogP contribution is 2.57. The van der Waals surface area contributed by atoms with E-state index in [0.29, 0.717) is 36.3 Å². The zero-order valence-electron chi connectivity index (χ0n) is 25.9. The van der Waals surface area contributed by atoms with Gasteiger partial charge in [0.15, 0.2) is 5.78 Å². The largest absolute Gasteiger partial charge is 0.497 e. The van der Waals surface area contributed by atoms with E-state index in [4.69, 9.17) is 24.9 Å². The van der Waals surface area contributed by atoms with Crippen LogP contribution in [-0.4, -0.2) is 66.5 Å². The SMILES string of the molecule is COC(=O)[C@]12CC(=O)[C@@H]3C[C@@H](Oc4cc(-c5ccccc5)nc5cc(OC)ccc45)CN3C(=O)[C@@H](N)CCCCC/C=C\[C@H]1C2. The van der Waals surface area contributed by atoms with Crippen LogP contribution in [0.3, 0.4) is 0 Å². The molecule has 6 rings (SSSR count). The summed E-state index contributed by atoms with van der Waals surface area (Å²) in [5, 5.41) is 0.798. The molecule has 2 N–H and O–H groups in total. The molecule has 1 saturated carbocycles. The zero-order chi connectivity index (χ0) is 31.6. The fourth-order valence-corrected chi connectivity index (χ4v) is 6.90. The minimum Gasteiger partial charge on any atom is -0.497 e. The Morgan fingerprint density at radius 2 is 1.87 bits per heavy atom. The molecule has 3 aliphatic rings. The summed E-state index contributed by atoms with van der Waals surface area (Å²) in [6.07, 6.45) is 8.79.